The highest BCUT2D eigenvalue weighted by atomic mass is 32.2. The standard InChI is InChI=1S/C47H52N8O6S/c1-6-43(56)50-36-25-30(26-42-48-21-20-35(49-42)33-28-54(4)37-15-10-9-13-31(33)37)40(61-5)27-39(36)52(2)22-23-53(3)45(58)17-8-7-11-24-62-41-16-12-14-32-34(41)29-55(47(32)60)38-18-19-44(57)51-46(38)59/h6,9-10,12-16,20-21,25,27-28,38H,1,7-8,11,17-19,22-24,26,29H2,2-5H3,(H,50,56)(H,51,57,59). The van der Waals surface area contributed by atoms with Gasteiger partial charge < -0.3 is 29.3 Å². The van der Waals surface area contributed by atoms with Crippen LogP contribution < -0.4 is 20.3 Å². The number of hydrogen-bond donors (Lipinski definition) is 2. The van der Waals surface area contributed by atoms with Crippen molar-refractivity contribution in [3.8, 4) is 17.0 Å². The number of nitrogens with zero attached hydrogens (tertiary/aromatic N) is 6. The number of carbonyl (C=O) groups is 5. The summed E-state index contributed by atoms with van der Waals surface area (Å²) in [6.45, 7) is 4.95. The van der Waals surface area contributed by atoms with Crippen LogP contribution in [0, 0.1) is 0 Å². The van der Waals surface area contributed by atoms with E-state index in [0.717, 1.165) is 68.9 Å². The third-order valence-electron chi connectivity index (χ3n) is 11.5. The molecule has 7 rings (SSSR count). The zero-order valence-electron chi connectivity index (χ0n) is 35.6. The molecule has 1 saturated heterocycles. The number of piperidine rings is 1. The molecule has 1 atom stereocenters. The number of para-hydroxylation sites is 1. The summed E-state index contributed by atoms with van der Waals surface area (Å²) in [4.78, 5) is 78.9. The van der Waals surface area contributed by atoms with Crippen LogP contribution >= 0.6 is 11.8 Å². The molecule has 5 aromatic rings. The van der Waals surface area contributed by atoms with Crippen molar-refractivity contribution >= 4 is 63.6 Å². The SMILES string of the molecule is C=CC(=O)Nc1cc(Cc2nccc(-c3cn(C)c4ccccc34)n2)c(OC)cc1N(C)CCN(C)C(=O)CCCCCSc1cccc2c1CN(C1CCC(=O)NC1=O)C2=O. The molecule has 322 valence electrons. The van der Waals surface area contributed by atoms with Gasteiger partial charge in [-0.2, -0.15) is 0 Å². The summed E-state index contributed by atoms with van der Waals surface area (Å²) >= 11 is 1.68. The molecule has 4 heterocycles. The molecule has 1 fully saturated rings. The number of amides is 5. The lowest BCUT2D eigenvalue weighted by atomic mass is 10.0. The van der Waals surface area contributed by atoms with Crippen molar-refractivity contribution < 1.29 is 28.7 Å². The molecular formula is C47H52N8O6S. The lowest BCUT2D eigenvalue weighted by Crippen LogP contribution is -2.52. The highest BCUT2D eigenvalue weighted by molar-refractivity contribution is 7.99. The zero-order valence-corrected chi connectivity index (χ0v) is 36.4. The van der Waals surface area contributed by atoms with Crippen molar-refractivity contribution in [1.82, 2.24) is 29.7 Å². The Labute approximate surface area is 365 Å². The average Bonchev–Trinajstić information content (AvgIpc) is 3.80. The third kappa shape index (κ3) is 9.68. The first-order valence-electron chi connectivity index (χ1n) is 20.8. The molecule has 2 aliphatic rings. The number of methoxy groups -OCH3 is 1. The van der Waals surface area contributed by atoms with E-state index in [2.05, 4.69) is 45.1 Å². The Morgan fingerprint density at radius 3 is 2.65 bits per heavy atom. The second kappa shape index (κ2) is 19.5. The third-order valence-corrected chi connectivity index (χ3v) is 12.7. The number of unbranched alkanes of at least 4 members (excludes halogenated alkanes) is 2. The molecule has 2 aliphatic heterocycles. The number of benzene rings is 3. The van der Waals surface area contributed by atoms with E-state index in [-0.39, 0.29) is 30.0 Å². The summed E-state index contributed by atoms with van der Waals surface area (Å²) in [7, 11) is 7.34. The number of aryl methyl sites for hydroxylation is 1. The van der Waals surface area contributed by atoms with Crippen molar-refractivity contribution in [2.24, 2.45) is 7.05 Å². The van der Waals surface area contributed by atoms with E-state index >= 15 is 0 Å². The molecule has 14 nitrogen and oxygen atoms in total. The number of aromatic nitrogens is 3. The molecule has 0 spiro atoms. The largest absolute Gasteiger partial charge is 0.496 e. The van der Waals surface area contributed by atoms with Crippen molar-refractivity contribution in [3.63, 3.8) is 0 Å². The monoisotopic (exact) mass is 856 g/mol. The lowest BCUT2D eigenvalue weighted by molar-refractivity contribution is -0.137. The van der Waals surface area contributed by atoms with E-state index in [1.807, 2.05) is 61.5 Å². The highest BCUT2D eigenvalue weighted by Gasteiger charge is 2.39. The van der Waals surface area contributed by atoms with Crippen LogP contribution in [0.3, 0.4) is 0 Å². The summed E-state index contributed by atoms with van der Waals surface area (Å²) in [5, 5.41) is 6.42. The van der Waals surface area contributed by atoms with Gasteiger partial charge in [0, 0.05) is 111 Å². The van der Waals surface area contributed by atoms with Gasteiger partial charge in [-0.15, -0.1) is 11.8 Å². The number of imide groups is 1. The van der Waals surface area contributed by atoms with Gasteiger partial charge in [-0.05, 0) is 67.0 Å². The summed E-state index contributed by atoms with van der Waals surface area (Å²) < 4.78 is 7.95. The Bertz CT molecular complexity index is 2540. The summed E-state index contributed by atoms with van der Waals surface area (Å²) in [6.07, 6.45) is 8.92. The Kier molecular flexibility index (Phi) is 13.7. The van der Waals surface area contributed by atoms with Crippen molar-refractivity contribution in [3.05, 3.63) is 108 Å². The molecule has 1 unspecified atom stereocenters. The first kappa shape index (κ1) is 43.6. The van der Waals surface area contributed by atoms with Gasteiger partial charge in [0.25, 0.3) is 5.91 Å². The van der Waals surface area contributed by atoms with E-state index in [4.69, 9.17) is 9.72 Å². The Morgan fingerprint density at radius 1 is 1.03 bits per heavy atom. The topological polar surface area (TPSA) is 159 Å². The van der Waals surface area contributed by atoms with Crippen LogP contribution in [0.2, 0.25) is 0 Å². The summed E-state index contributed by atoms with van der Waals surface area (Å²) in [5.41, 5.74) is 6.57. The van der Waals surface area contributed by atoms with Crippen LogP contribution in [0.25, 0.3) is 22.2 Å². The normalized spacial score (nSPS) is 14.7. The number of ether oxygens (including phenoxy) is 1. The predicted octanol–water partition coefficient (Wildman–Crippen LogP) is 6.37. The molecule has 0 bridgehead atoms. The van der Waals surface area contributed by atoms with Gasteiger partial charge in [-0.25, -0.2) is 9.97 Å². The molecule has 3 aromatic carbocycles. The molecule has 15 heteroatoms. The fraction of sp³-hybridized carbons (Fsp3) is 0.340. The fourth-order valence-electron chi connectivity index (χ4n) is 8.06. The zero-order chi connectivity index (χ0) is 43.9. The molecule has 62 heavy (non-hydrogen) atoms. The Hall–Kier alpha value is -6.48. The van der Waals surface area contributed by atoms with Crippen molar-refractivity contribution in [2.75, 3.05) is 50.3 Å². The number of likely N-dealkylation sites (N-methyl/N-ethyl adjacent to an activating group) is 2. The highest BCUT2D eigenvalue weighted by Crippen LogP contribution is 2.37. The maximum atomic E-state index is 13.2. The summed E-state index contributed by atoms with van der Waals surface area (Å²) in [6, 6.07) is 18.9. The van der Waals surface area contributed by atoms with Crippen LogP contribution in [-0.2, 0) is 39.2 Å². The van der Waals surface area contributed by atoms with Crippen molar-refractivity contribution in [2.45, 2.75) is 62.4 Å². The molecule has 0 radical (unpaired) electrons. The van der Waals surface area contributed by atoms with Gasteiger partial charge in [0.05, 0.1) is 24.2 Å². The van der Waals surface area contributed by atoms with E-state index < -0.39 is 11.9 Å². The number of carbonyl (C=O) groups excluding carboxylic acids is 5. The maximum Gasteiger partial charge on any atom is 0.255 e. The van der Waals surface area contributed by atoms with Gasteiger partial charge in [-0.1, -0.05) is 37.3 Å². The predicted molar refractivity (Wildman–Crippen MR) is 241 cm³/mol. The molecular weight excluding hydrogens is 805 g/mol. The second-order valence-electron chi connectivity index (χ2n) is 15.7. The van der Waals surface area contributed by atoms with Gasteiger partial charge in [0.1, 0.15) is 17.6 Å². The minimum Gasteiger partial charge on any atom is -0.496 e. The van der Waals surface area contributed by atoms with Crippen LogP contribution in [0.1, 0.15) is 65.8 Å². The fourth-order valence-corrected chi connectivity index (χ4v) is 9.15. The first-order valence-corrected chi connectivity index (χ1v) is 21.8. The van der Waals surface area contributed by atoms with E-state index in [9.17, 15) is 24.0 Å². The minimum atomic E-state index is -0.641. The Morgan fingerprint density at radius 2 is 1.85 bits per heavy atom. The number of thioether (sulfide) groups is 1. The van der Waals surface area contributed by atoms with E-state index in [0.29, 0.717) is 61.7 Å². The van der Waals surface area contributed by atoms with E-state index in [1.165, 1.54) is 6.08 Å². The van der Waals surface area contributed by atoms with Crippen LogP contribution in [-0.4, -0.2) is 100.0 Å². The number of anilines is 2. The number of hydrogen-bond acceptors (Lipinski definition) is 10. The number of nitrogens with one attached hydrogen (secondary N) is 2. The number of rotatable bonds is 18. The molecule has 2 aromatic heterocycles. The quantitative estimate of drug-likeness (QED) is 0.0439. The lowest BCUT2D eigenvalue weighted by Gasteiger charge is -2.29. The van der Waals surface area contributed by atoms with Crippen molar-refractivity contribution in [1.29, 1.82) is 0 Å². The van der Waals surface area contributed by atoms with Crippen LogP contribution in [0.4, 0.5) is 11.4 Å². The maximum absolute atomic E-state index is 13.2. The van der Waals surface area contributed by atoms with Gasteiger partial charge in [0.15, 0.2) is 0 Å². The molecule has 5 amide bonds. The van der Waals surface area contributed by atoms with Crippen LogP contribution in [0.5, 0.6) is 5.75 Å². The van der Waals surface area contributed by atoms with Gasteiger partial charge in [0.2, 0.25) is 23.6 Å². The molecule has 0 saturated carbocycles. The molecule has 2 N–H and O–H groups in total. The second-order valence-corrected chi connectivity index (χ2v) is 16.8. The summed E-state index contributed by atoms with van der Waals surface area (Å²) in [5.74, 6) is 0.853. The smallest absolute Gasteiger partial charge is 0.255 e. The van der Waals surface area contributed by atoms with Gasteiger partial charge >= 0.3 is 0 Å². The minimum absolute atomic E-state index is 0.0535. The first-order chi connectivity index (χ1) is 29.9. The molecule has 0 aliphatic carbocycles. The average molecular weight is 857 g/mol. The Balaban J connectivity index is 0.912. The van der Waals surface area contributed by atoms with E-state index in [1.54, 1.807) is 48.0 Å². The number of fused-ring (bicyclic) bond motifs is 2. The van der Waals surface area contributed by atoms with Crippen LogP contribution in [0.15, 0.2) is 90.6 Å². The van der Waals surface area contributed by atoms with Gasteiger partial charge in [-0.3, -0.25) is 29.3 Å².